The summed E-state index contributed by atoms with van der Waals surface area (Å²) >= 11 is 0. The van der Waals surface area contributed by atoms with Crippen LogP contribution < -0.4 is 10.4 Å². The third kappa shape index (κ3) is 4.74. The maximum absolute atomic E-state index is 13.7. The second-order valence-corrected chi connectivity index (χ2v) is 7.90. The molecule has 1 amide bonds. The summed E-state index contributed by atoms with van der Waals surface area (Å²) in [4.78, 5) is 27.1. The van der Waals surface area contributed by atoms with E-state index in [2.05, 4.69) is 5.10 Å². The Hall–Kier alpha value is -3.42. The molecule has 168 valence electrons. The highest BCUT2D eigenvalue weighted by Crippen LogP contribution is 2.26. The van der Waals surface area contributed by atoms with E-state index in [1.165, 1.54) is 16.8 Å². The van der Waals surface area contributed by atoms with Crippen LogP contribution in [-0.4, -0.2) is 44.9 Å². The van der Waals surface area contributed by atoms with E-state index in [-0.39, 0.29) is 29.9 Å². The van der Waals surface area contributed by atoms with Crippen molar-refractivity contribution >= 4 is 5.91 Å². The summed E-state index contributed by atoms with van der Waals surface area (Å²) in [7, 11) is 0. The topological polar surface area (TPSA) is 69.4 Å². The molecule has 2 heterocycles. The SMILES string of the molecule is CCn1c(C2CCN(C(=O)COc3ccccc3F)CC2)nn(Cc2ccccc2)c1=O. The fourth-order valence-corrected chi connectivity index (χ4v) is 4.10. The van der Waals surface area contributed by atoms with Gasteiger partial charge in [0.15, 0.2) is 18.2 Å². The number of benzene rings is 2. The predicted octanol–water partition coefficient (Wildman–Crippen LogP) is 3.04. The molecule has 0 spiro atoms. The Balaban J connectivity index is 1.38. The van der Waals surface area contributed by atoms with E-state index in [0.717, 1.165) is 11.4 Å². The third-order valence-corrected chi connectivity index (χ3v) is 5.84. The zero-order valence-corrected chi connectivity index (χ0v) is 18.1. The molecule has 0 unspecified atom stereocenters. The average molecular weight is 439 g/mol. The summed E-state index contributed by atoms with van der Waals surface area (Å²) in [5.74, 6) is 0.308. The third-order valence-electron chi connectivity index (χ3n) is 5.84. The van der Waals surface area contributed by atoms with Crippen molar-refractivity contribution in [3.8, 4) is 5.75 Å². The van der Waals surface area contributed by atoms with E-state index in [0.29, 0.717) is 39.0 Å². The lowest BCUT2D eigenvalue weighted by atomic mass is 9.96. The molecule has 0 atom stereocenters. The molecule has 32 heavy (non-hydrogen) atoms. The number of carbonyl (C=O) groups is 1. The molecular weight excluding hydrogens is 411 g/mol. The molecule has 0 aliphatic carbocycles. The first-order valence-electron chi connectivity index (χ1n) is 10.9. The van der Waals surface area contributed by atoms with E-state index in [9.17, 15) is 14.0 Å². The molecule has 0 radical (unpaired) electrons. The lowest BCUT2D eigenvalue weighted by molar-refractivity contribution is -0.134. The van der Waals surface area contributed by atoms with Crippen LogP contribution in [0.25, 0.3) is 0 Å². The Morgan fingerprint density at radius 2 is 1.78 bits per heavy atom. The minimum absolute atomic E-state index is 0.0756. The monoisotopic (exact) mass is 438 g/mol. The molecule has 1 saturated heterocycles. The van der Waals surface area contributed by atoms with Crippen molar-refractivity contribution in [3.63, 3.8) is 0 Å². The highest BCUT2D eigenvalue weighted by molar-refractivity contribution is 5.77. The second-order valence-electron chi connectivity index (χ2n) is 7.90. The van der Waals surface area contributed by atoms with E-state index < -0.39 is 5.82 Å². The number of rotatable bonds is 7. The number of para-hydroxylation sites is 1. The first kappa shape index (κ1) is 21.8. The number of hydrogen-bond acceptors (Lipinski definition) is 4. The maximum Gasteiger partial charge on any atom is 0.346 e. The summed E-state index contributed by atoms with van der Waals surface area (Å²) < 4.78 is 22.3. The molecule has 7 nitrogen and oxygen atoms in total. The van der Waals surface area contributed by atoms with Crippen molar-refractivity contribution < 1.29 is 13.9 Å². The summed E-state index contributed by atoms with van der Waals surface area (Å²) in [5, 5.41) is 4.65. The molecule has 0 bridgehead atoms. The quantitative estimate of drug-likeness (QED) is 0.569. The number of carbonyl (C=O) groups excluding carboxylic acids is 1. The largest absolute Gasteiger partial charge is 0.481 e. The van der Waals surface area contributed by atoms with Gasteiger partial charge in [0.25, 0.3) is 5.91 Å². The van der Waals surface area contributed by atoms with E-state index in [4.69, 9.17) is 4.74 Å². The van der Waals surface area contributed by atoms with Gasteiger partial charge in [0.1, 0.15) is 5.82 Å². The smallest absolute Gasteiger partial charge is 0.346 e. The maximum atomic E-state index is 13.7. The molecule has 4 rings (SSSR count). The molecule has 1 aliphatic heterocycles. The Labute approximate surface area is 186 Å². The van der Waals surface area contributed by atoms with Crippen LogP contribution in [0.4, 0.5) is 4.39 Å². The van der Waals surface area contributed by atoms with Crippen molar-refractivity contribution in [2.24, 2.45) is 0 Å². The second kappa shape index (κ2) is 9.80. The highest BCUT2D eigenvalue weighted by atomic mass is 19.1. The minimum Gasteiger partial charge on any atom is -0.481 e. The van der Waals surface area contributed by atoms with Gasteiger partial charge in [-0.25, -0.2) is 13.9 Å². The molecular formula is C24H27FN4O3. The molecule has 8 heteroatoms. The van der Waals surface area contributed by atoms with Gasteiger partial charge < -0.3 is 9.64 Å². The van der Waals surface area contributed by atoms with Crippen LogP contribution >= 0.6 is 0 Å². The van der Waals surface area contributed by atoms with Gasteiger partial charge in [-0.1, -0.05) is 42.5 Å². The molecule has 0 N–H and O–H groups in total. The Kier molecular flexibility index (Phi) is 6.68. The predicted molar refractivity (Wildman–Crippen MR) is 118 cm³/mol. The Morgan fingerprint density at radius 3 is 2.47 bits per heavy atom. The summed E-state index contributed by atoms with van der Waals surface area (Å²) in [6, 6.07) is 15.8. The zero-order chi connectivity index (χ0) is 22.5. The number of amides is 1. The average Bonchev–Trinajstić information content (AvgIpc) is 3.14. The van der Waals surface area contributed by atoms with Crippen LogP contribution in [-0.2, 0) is 17.9 Å². The van der Waals surface area contributed by atoms with E-state index in [1.54, 1.807) is 21.6 Å². The van der Waals surface area contributed by atoms with E-state index in [1.807, 2.05) is 37.3 Å². The van der Waals surface area contributed by atoms with Gasteiger partial charge in [-0.15, -0.1) is 0 Å². The number of likely N-dealkylation sites (tertiary alicyclic amines) is 1. The van der Waals surface area contributed by atoms with Gasteiger partial charge in [0, 0.05) is 25.6 Å². The first-order valence-corrected chi connectivity index (χ1v) is 10.9. The van der Waals surface area contributed by atoms with E-state index >= 15 is 0 Å². The molecule has 0 saturated carbocycles. The van der Waals surface area contributed by atoms with Crippen molar-refractivity contribution in [1.29, 1.82) is 0 Å². The van der Waals surface area contributed by atoms with Gasteiger partial charge in [0.05, 0.1) is 6.54 Å². The van der Waals surface area contributed by atoms with Crippen molar-refractivity contribution in [3.05, 3.63) is 82.3 Å². The van der Waals surface area contributed by atoms with Crippen molar-refractivity contribution in [2.75, 3.05) is 19.7 Å². The summed E-state index contributed by atoms with van der Waals surface area (Å²) in [6.07, 6.45) is 1.43. The summed E-state index contributed by atoms with van der Waals surface area (Å²) in [5.41, 5.74) is 0.917. The lowest BCUT2D eigenvalue weighted by Gasteiger charge is -2.31. The number of ether oxygens (including phenoxy) is 1. The first-order chi connectivity index (χ1) is 15.6. The lowest BCUT2D eigenvalue weighted by Crippen LogP contribution is -2.41. The van der Waals surface area contributed by atoms with Gasteiger partial charge in [-0.2, -0.15) is 5.10 Å². The van der Waals surface area contributed by atoms with Gasteiger partial charge in [-0.05, 0) is 37.5 Å². The van der Waals surface area contributed by atoms with Crippen molar-refractivity contribution in [1.82, 2.24) is 19.2 Å². The Bertz CT molecular complexity index is 1120. The minimum atomic E-state index is -0.484. The van der Waals surface area contributed by atoms with Gasteiger partial charge >= 0.3 is 5.69 Å². The molecule has 3 aromatic rings. The standard InChI is InChI=1S/C24H27FN4O3/c1-2-28-23(26-29(24(28)31)16-18-8-4-3-5-9-18)19-12-14-27(15-13-19)22(30)17-32-21-11-7-6-10-20(21)25/h3-11,19H,2,12-17H2,1H3. The number of aromatic nitrogens is 3. The normalized spacial score (nSPS) is 14.5. The fraction of sp³-hybridized carbons (Fsp3) is 0.375. The Morgan fingerprint density at radius 1 is 1.09 bits per heavy atom. The molecule has 1 aliphatic rings. The number of halogens is 1. The molecule has 1 fully saturated rings. The van der Waals surface area contributed by atoms with Crippen LogP contribution in [0.1, 0.15) is 37.1 Å². The number of hydrogen-bond donors (Lipinski definition) is 0. The van der Waals surface area contributed by atoms with Crippen LogP contribution in [0.5, 0.6) is 5.75 Å². The van der Waals surface area contributed by atoms with Gasteiger partial charge in [-0.3, -0.25) is 9.36 Å². The summed E-state index contributed by atoms with van der Waals surface area (Å²) in [6.45, 7) is 3.83. The van der Waals surface area contributed by atoms with Crippen LogP contribution in [0, 0.1) is 5.82 Å². The number of nitrogens with zero attached hydrogens (tertiary/aromatic N) is 4. The molecule has 1 aromatic heterocycles. The van der Waals surface area contributed by atoms with Gasteiger partial charge in [0.2, 0.25) is 0 Å². The van der Waals surface area contributed by atoms with Crippen LogP contribution in [0.3, 0.4) is 0 Å². The zero-order valence-electron chi connectivity index (χ0n) is 18.1. The fourth-order valence-electron chi connectivity index (χ4n) is 4.10. The molecule has 2 aromatic carbocycles. The number of piperidine rings is 1. The van der Waals surface area contributed by atoms with Crippen LogP contribution in [0.15, 0.2) is 59.4 Å². The highest BCUT2D eigenvalue weighted by Gasteiger charge is 2.28. The van der Waals surface area contributed by atoms with Crippen molar-refractivity contribution in [2.45, 2.75) is 38.8 Å². The van der Waals surface area contributed by atoms with Crippen LogP contribution in [0.2, 0.25) is 0 Å².